The molecule has 1 aliphatic heterocycles. The minimum atomic E-state index is -0.494. The summed E-state index contributed by atoms with van der Waals surface area (Å²) in [6, 6.07) is 17.1. The van der Waals surface area contributed by atoms with Crippen LogP contribution in [0.4, 0.5) is 0 Å². The van der Waals surface area contributed by atoms with E-state index in [2.05, 4.69) is 78.7 Å². The molecule has 10 aliphatic rings. The Bertz CT molecular complexity index is 3040. The smallest absolute Gasteiger partial charge is 0.189 e. The first-order valence-electron chi connectivity index (χ1n) is 30.4. The summed E-state index contributed by atoms with van der Waals surface area (Å²) >= 11 is 0. The van der Waals surface area contributed by atoms with E-state index in [9.17, 15) is 20.4 Å². The zero-order valence-electron chi connectivity index (χ0n) is 46.2. The number of fused-ring (bicyclic) bond motifs is 10. The maximum absolute atomic E-state index is 15.3. The topological polar surface area (TPSA) is 167 Å². The van der Waals surface area contributed by atoms with Gasteiger partial charge >= 0.3 is 0 Å². The number of allylic oxidation sites excluding steroid dienone is 4. The van der Waals surface area contributed by atoms with Gasteiger partial charge in [-0.15, -0.1) is 0 Å². The number of hydrogen-bond donors (Lipinski definition) is 6. The van der Waals surface area contributed by atoms with Crippen LogP contribution in [0.15, 0.2) is 88.5 Å². The van der Waals surface area contributed by atoms with E-state index in [1.165, 1.54) is 23.1 Å². The Morgan fingerprint density at radius 3 is 2.54 bits per heavy atom. The van der Waals surface area contributed by atoms with Crippen molar-refractivity contribution in [3.8, 4) is 29.1 Å². The summed E-state index contributed by atoms with van der Waals surface area (Å²) in [7, 11) is 1.87. The second kappa shape index (κ2) is 20.6. The number of nitrogens with one attached hydrogen (secondary N) is 1. The molecule has 2 spiro atoms. The van der Waals surface area contributed by atoms with Crippen molar-refractivity contribution >= 4 is 11.7 Å². The summed E-state index contributed by atoms with van der Waals surface area (Å²) < 4.78 is 13.8. The van der Waals surface area contributed by atoms with Gasteiger partial charge in [-0.2, -0.15) is 0 Å². The SMILES string of the molecule is COC1CCC23CC(C)CC4C2=CC2CC(CC#Cc5c(C6CCC7CC8(CO)C=CCCC8C(CO)=C7C(=O)C6)cc(OC6CCCC6)c(O)c5C3C21)N=C(N)NC1(CCCCC1)c1cccc(c1)Cc1cc(O)cc4c1. The average Bonchev–Trinajstić information content (AvgIpc) is 3.91. The van der Waals surface area contributed by atoms with Crippen LogP contribution in [0.25, 0.3) is 0 Å². The standard InChI is InChI=1S/C68H83N3O7/c1-40-26-53-45-28-42(30-49(74)32-45)27-41-12-10-13-47(29-41)68(23-7-3-8-24-68)71-65(69)70-48-14-11-17-51-52(43-19-20-44-37-66(39-73)22-9-6-18-55(66)54(38-72)60(44)57(75)34-43)35-59(78-50-15-4-5-16-50)64(76)62(51)63-61-46(31-48)33-56(53)67(63,36-40)25-21-58(61)77-2/h9-10,12-13,22,28-30,32-33,35,40,43-44,46,48,50,53,55,58,61,63,72-74,76H,3-8,14-16,18-21,23-27,31,34,36-39H2,1-2H3,(H3,69,70,71). The van der Waals surface area contributed by atoms with E-state index in [1.54, 1.807) is 0 Å². The van der Waals surface area contributed by atoms with Crippen molar-refractivity contribution < 1.29 is 34.7 Å². The van der Waals surface area contributed by atoms with Crippen LogP contribution in [0.1, 0.15) is 198 Å². The molecule has 10 heteroatoms. The molecule has 3 aromatic carbocycles. The monoisotopic (exact) mass is 1050 g/mol. The number of aromatic hydroxyl groups is 2. The highest BCUT2D eigenvalue weighted by Crippen LogP contribution is 2.70. The zero-order chi connectivity index (χ0) is 53.5. The van der Waals surface area contributed by atoms with E-state index < -0.39 is 10.8 Å². The third-order valence-corrected chi connectivity index (χ3v) is 21.9. The first kappa shape index (κ1) is 52.1. The number of ether oxygens (including phenoxy) is 2. The Morgan fingerprint density at radius 1 is 0.897 bits per heavy atom. The van der Waals surface area contributed by atoms with E-state index in [1.807, 2.05) is 19.2 Å². The maximum atomic E-state index is 15.3. The highest BCUT2D eigenvalue weighted by molar-refractivity contribution is 5.98. The van der Waals surface area contributed by atoms with Gasteiger partial charge in [0.1, 0.15) is 5.75 Å². The highest BCUT2D eigenvalue weighted by Gasteiger charge is 2.61. The first-order chi connectivity index (χ1) is 37.9. The average molecular weight is 1050 g/mol. The number of benzene rings is 3. The van der Waals surface area contributed by atoms with Crippen LogP contribution in [0, 0.1) is 52.3 Å². The number of phenols is 2. The second-order valence-electron chi connectivity index (χ2n) is 26.3. The number of ketones is 1. The molecule has 9 aliphatic carbocycles. The molecule has 78 heavy (non-hydrogen) atoms. The molecule has 412 valence electrons. The molecular formula is C68H83N3O7. The van der Waals surface area contributed by atoms with Crippen LogP contribution >= 0.6 is 0 Å². The lowest BCUT2D eigenvalue weighted by molar-refractivity contribution is -0.116. The summed E-state index contributed by atoms with van der Waals surface area (Å²) in [4.78, 5) is 20.8. The fourth-order valence-corrected chi connectivity index (χ4v) is 18.7. The zero-order valence-corrected chi connectivity index (χ0v) is 46.2. The maximum Gasteiger partial charge on any atom is 0.189 e. The number of phenolic OH excluding ortho intramolecular Hbond substituents is 2. The quantitative estimate of drug-likeness (QED) is 0.104. The van der Waals surface area contributed by atoms with Gasteiger partial charge in [0.25, 0.3) is 0 Å². The van der Waals surface area contributed by atoms with E-state index in [0.29, 0.717) is 49.7 Å². The molecule has 13 rings (SSSR count). The van der Waals surface area contributed by atoms with E-state index in [-0.39, 0.29) is 102 Å². The fraction of sp³-hybridized carbons (Fsp3) is 0.588. The van der Waals surface area contributed by atoms with E-state index >= 15 is 4.79 Å². The second-order valence-corrected chi connectivity index (χ2v) is 26.3. The number of methoxy groups -OCH3 is 1. The number of aliphatic hydroxyl groups is 2. The third kappa shape index (κ3) is 8.87. The first-order valence-corrected chi connectivity index (χ1v) is 30.4. The number of rotatable bonds is 6. The molecule has 12 atom stereocenters. The van der Waals surface area contributed by atoms with Gasteiger partial charge in [0.2, 0.25) is 0 Å². The molecule has 5 fully saturated rings. The molecule has 0 radical (unpaired) electrons. The fourth-order valence-electron chi connectivity index (χ4n) is 18.7. The van der Waals surface area contributed by atoms with Gasteiger partial charge in [-0.25, -0.2) is 4.99 Å². The van der Waals surface area contributed by atoms with E-state index in [0.717, 1.165) is 135 Å². The van der Waals surface area contributed by atoms with Crippen LogP contribution in [0.3, 0.4) is 0 Å². The number of aliphatic hydroxyl groups excluding tert-OH is 2. The number of guanidine groups is 1. The summed E-state index contributed by atoms with van der Waals surface area (Å²) in [5.74, 6) is 8.69. The molecular weight excluding hydrogens is 971 g/mol. The van der Waals surface area contributed by atoms with Crippen molar-refractivity contribution in [3.05, 3.63) is 122 Å². The van der Waals surface area contributed by atoms with Crippen molar-refractivity contribution in [1.82, 2.24) is 5.32 Å². The number of hydrogen-bond acceptors (Lipinski definition) is 10. The van der Waals surface area contributed by atoms with Crippen molar-refractivity contribution in [2.45, 2.75) is 190 Å². The molecule has 1 heterocycles. The molecule has 0 aromatic heterocycles. The van der Waals surface area contributed by atoms with Gasteiger partial charge in [-0.3, -0.25) is 4.79 Å². The predicted octanol–water partition coefficient (Wildman–Crippen LogP) is 12.0. The van der Waals surface area contributed by atoms with Gasteiger partial charge in [0.15, 0.2) is 23.2 Å². The van der Waals surface area contributed by atoms with Gasteiger partial charge in [0, 0.05) is 53.9 Å². The van der Waals surface area contributed by atoms with Crippen molar-refractivity contribution in [2.75, 3.05) is 20.3 Å². The van der Waals surface area contributed by atoms with Gasteiger partial charge in [0.05, 0.1) is 37.0 Å². The van der Waals surface area contributed by atoms with Crippen molar-refractivity contribution in [2.24, 2.45) is 51.1 Å². The number of aliphatic imine (C=N–C) groups is 1. The van der Waals surface area contributed by atoms with Crippen LogP contribution in [-0.4, -0.2) is 70.7 Å². The Kier molecular flexibility index (Phi) is 13.8. The third-order valence-electron chi connectivity index (χ3n) is 21.9. The summed E-state index contributed by atoms with van der Waals surface area (Å²) in [6.07, 6.45) is 25.5. The Labute approximate surface area is 462 Å². The van der Waals surface area contributed by atoms with Crippen LogP contribution in [0.2, 0.25) is 0 Å². The van der Waals surface area contributed by atoms with E-state index in [4.69, 9.17) is 20.2 Å². The number of carbonyl (C=O) groups excluding carboxylic acids is 1. The molecule has 10 bridgehead atoms. The molecule has 0 amide bonds. The minimum Gasteiger partial charge on any atom is -0.508 e. The number of nitrogens with zero attached hydrogens (tertiary/aromatic N) is 1. The molecule has 12 unspecified atom stereocenters. The summed E-state index contributed by atoms with van der Waals surface area (Å²) in [5.41, 5.74) is 16.3. The molecule has 5 saturated carbocycles. The number of carbonyl (C=O) groups is 1. The Hall–Kier alpha value is -5.34. The van der Waals surface area contributed by atoms with Crippen LogP contribution in [-0.2, 0) is 21.5 Å². The Morgan fingerprint density at radius 2 is 1.73 bits per heavy atom. The van der Waals surface area contributed by atoms with Gasteiger partial charge in [-0.1, -0.05) is 92.2 Å². The minimum absolute atomic E-state index is 0.0143. The highest BCUT2D eigenvalue weighted by atomic mass is 16.5. The summed E-state index contributed by atoms with van der Waals surface area (Å²) in [5, 5.41) is 51.5. The van der Waals surface area contributed by atoms with Gasteiger partial charge in [-0.05, 0) is 202 Å². The molecule has 0 saturated heterocycles. The number of nitrogens with two attached hydrogens (primary N) is 1. The lowest BCUT2D eigenvalue weighted by Crippen LogP contribution is -2.54. The molecule has 3 aromatic rings. The molecule has 7 N–H and O–H groups in total. The van der Waals surface area contributed by atoms with Crippen molar-refractivity contribution in [3.63, 3.8) is 0 Å². The lowest BCUT2D eigenvalue weighted by Gasteiger charge is -2.62. The van der Waals surface area contributed by atoms with Crippen molar-refractivity contribution in [1.29, 1.82) is 0 Å². The Balaban J connectivity index is 1.04. The van der Waals surface area contributed by atoms with Crippen LogP contribution < -0.4 is 15.8 Å². The van der Waals surface area contributed by atoms with Crippen LogP contribution in [0.5, 0.6) is 17.2 Å². The largest absolute Gasteiger partial charge is 0.508 e. The number of Topliss-reactive ketones (excluding diaryl/α,β-unsaturated/α-hetero) is 1. The summed E-state index contributed by atoms with van der Waals surface area (Å²) in [6.45, 7) is 2.20. The normalized spacial score (nSPS) is 34.9. The molecule has 10 nitrogen and oxygen atoms in total. The van der Waals surface area contributed by atoms with Gasteiger partial charge < -0.3 is 41.0 Å². The lowest BCUT2D eigenvalue weighted by atomic mass is 9.43. The predicted molar refractivity (Wildman–Crippen MR) is 304 cm³/mol.